The molecule has 0 aromatic carbocycles. The van der Waals surface area contributed by atoms with Crippen molar-refractivity contribution in [2.75, 3.05) is 19.8 Å². The van der Waals surface area contributed by atoms with Gasteiger partial charge in [-0.05, 0) is 44.9 Å². The Hall–Kier alpha value is -1.36. The number of carbonyl (C=O) groups excluding carboxylic acids is 2. The van der Waals surface area contributed by atoms with Crippen molar-refractivity contribution in [2.24, 2.45) is 0 Å². The fraction of sp³-hybridized carbons (Fsp3) is 0.892. The van der Waals surface area contributed by atoms with Crippen LogP contribution in [-0.4, -0.2) is 37.9 Å². The molecule has 0 aromatic heterocycles. The van der Waals surface area contributed by atoms with Crippen molar-refractivity contribution in [1.82, 2.24) is 0 Å². The van der Waals surface area contributed by atoms with Gasteiger partial charge < -0.3 is 14.2 Å². The molecule has 0 aliphatic carbocycles. The molecule has 0 aliphatic heterocycles. The van der Waals surface area contributed by atoms with Gasteiger partial charge in [0.2, 0.25) is 0 Å². The molecule has 0 bridgehead atoms. The van der Waals surface area contributed by atoms with Crippen LogP contribution in [0.25, 0.3) is 0 Å². The first kappa shape index (κ1) is 40.6. The maximum Gasteiger partial charge on any atom is 0.305 e. The van der Waals surface area contributed by atoms with Crippen molar-refractivity contribution < 1.29 is 23.8 Å². The number of allylic oxidation sites excluding steroid dienone is 2. The molecule has 0 spiro atoms. The lowest BCUT2D eigenvalue weighted by Gasteiger charge is -2.18. The molecule has 0 saturated carbocycles. The first-order valence-electron chi connectivity index (χ1n) is 18.2. The zero-order chi connectivity index (χ0) is 30.8. The quantitative estimate of drug-likeness (QED) is 0.0429. The van der Waals surface area contributed by atoms with Gasteiger partial charge in [0.25, 0.3) is 0 Å². The third-order valence-electron chi connectivity index (χ3n) is 7.84. The first-order chi connectivity index (χ1) is 20.6. The second-order valence-corrected chi connectivity index (χ2v) is 12.1. The van der Waals surface area contributed by atoms with Crippen molar-refractivity contribution in [3.05, 3.63) is 12.2 Å². The zero-order valence-corrected chi connectivity index (χ0v) is 28.3. The second kappa shape index (κ2) is 34.1. The lowest BCUT2D eigenvalue weighted by molar-refractivity contribution is -0.155. The topological polar surface area (TPSA) is 61.8 Å². The highest BCUT2D eigenvalue weighted by molar-refractivity contribution is 5.69. The van der Waals surface area contributed by atoms with E-state index in [1.807, 2.05) is 0 Å². The van der Waals surface area contributed by atoms with Crippen LogP contribution >= 0.6 is 0 Å². The molecule has 0 radical (unpaired) electrons. The third kappa shape index (κ3) is 31.6. The Morgan fingerprint density at radius 3 is 1.26 bits per heavy atom. The molecule has 0 atom stereocenters. The van der Waals surface area contributed by atoms with Crippen molar-refractivity contribution in [1.29, 1.82) is 0 Å². The van der Waals surface area contributed by atoms with E-state index in [-0.39, 0.29) is 31.3 Å². The normalized spacial score (nSPS) is 11.5. The molecule has 248 valence electrons. The summed E-state index contributed by atoms with van der Waals surface area (Å²) in [6, 6.07) is 0. The minimum absolute atomic E-state index is 0.157. The molecular formula is C37H70O5. The van der Waals surface area contributed by atoms with E-state index in [2.05, 4.69) is 32.9 Å². The Bertz CT molecular complexity index is 573. The van der Waals surface area contributed by atoms with Gasteiger partial charge in [-0.2, -0.15) is 0 Å². The van der Waals surface area contributed by atoms with Crippen molar-refractivity contribution >= 4 is 11.9 Å². The van der Waals surface area contributed by atoms with Crippen molar-refractivity contribution in [3.8, 4) is 0 Å². The summed E-state index contributed by atoms with van der Waals surface area (Å²) in [7, 11) is 0. The van der Waals surface area contributed by atoms with E-state index in [0.29, 0.717) is 19.4 Å². The number of carbonyl (C=O) groups is 2. The van der Waals surface area contributed by atoms with Crippen LogP contribution in [0.15, 0.2) is 12.2 Å². The molecule has 0 fully saturated rings. The number of hydrogen-bond donors (Lipinski definition) is 0. The van der Waals surface area contributed by atoms with Gasteiger partial charge in [0.1, 0.15) is 19.3 Å². The summed E-state index contributed by atoms with van der Waals surface area (Å²) >= 11 is 0. The zero-order valence-electron chi connectivity index (χ0n) is 28.3. The number of esters is 2. The summed E-state index contributed by atoms with van der Waals surface area (Å²) in [5.74, 6) is -0.362. The van der Waals surface area contributed by atoms with Gasteiger partial charge in [-0.3, -0.25) is 9.59 Å². The molecule has 0 unspecified atom stereocenters. The Morgan fingerprint density at radius 2 is 0.833 bits per heavy atom. The van der Waals surface area contributed by atoms with Gasteiger partial charge in [0.05, 0.1) is 0 Å². The van der Waals surface area contributed by atoms with Crippen LogP contribution in [0.5, 0.6) is 0 Å². The molecule has 0 N–H and O–H groups in total. The lowest BCUT2D eigenvalue weighted by Crippen LogP contribution is -2.29. The van der Waals surface area contributed by atoms with Crippen LogP contribution in [0.3, 0.4) is 0 Å². The Balaban J connectivity index is 4.04. The average Bonchev–Trinajstić information content (AvgIpc) is 2.99. The van der Waals surface area contributed by atoms with E-state index in [0.717, 1.165) is 38.5 Å². The maximum absolute atomic E-state index is 12.2. The third-order valence-corrected chi connectivity index (χ3v) is 7.84. The van der Waals surface area contributed by atoms with Gasteiger partial charge in [-0.25, -0.2) is 0 Å². The molecule has 5 heteroatoms. The summed E-state index contributed by atoms with van der Waals surface area (Å²) in [5.41, 5.74) is 0. The summed E-state index contributed by atoms with van der Waals surface area (Å²) in [6.45, 7) is 7.56. The highest BCUT2D eigenvalue weighted by Gasteiger charge is 2.15. The molecular weight excluding hydrogens is 524 g/mol. The van der Waals surface area contributed by atoms with Gasteiger partial charge in [0.15, 0.2) is 0 Å². The highest BCUT2D eigenvalue weighted by Crippen LogP contribution is 2.12. The van der Waals surface area contributed by atoms with Gasteiger partial charge >= 0.3 is 11.9 Å². The largest absolute Gasteiger partial charge is 0.463 e. The molecule has 5 nitrogen and oxygen atoms in total. The van der Waals surface area contributed by atoms with E-state index >= 15 is 0 Å². The van der Waals surface area contributed by atoms with Crippen LogP contribution in [0, 0.1) is 0 Å². The maximum atomic E-state index is 12.2. The Morgan fingerprint density at radius 1 is 0.476 bits per heavy atom. The smallest absolute Gasteiger partial charge is 0.305 e. The van der Waals surface area contributed by atoms with Crippen LogP contribution in [-0.2, 0) is 23.8 Å². The van der Waals surface area contributed by atoms with Crippen molar-refractivity contribution in [2.45, 2.75) is 194 Å². The van der Waals surface area contributed by atoms with Crippen LogP contribution in [0.1, 0.15) is 188 Å². The number of ether oxygens (including phenoxy) is 3. The second-order valence-electron chi connectivity index (χ2n) is 12.1. The molecule has 0 aliphatic rings. The predicted octanol–water partition coefficient (Wildman–Crippen LogP) is 11.2. The molecule has 0 amide bonds. The van der Waals surface area contributed by atoms with Crippen molar-refractivity contribution in [3.63, 3.8) is 0 Å². The van der Waals surface area contributed by atoms with E-state index in [1.54, 1.807) is 0 Å². The average molecular weight is 595 g/mol. The number of rotatable bonds is 33. The fourth-order valence-electron chi connectivity index (χ4n) is 5.01. The molecule has 0 saturated heterocycles. The predicted molar refractivity (Wildman–Crippen MR) is 178 cm³/mol. The van der Waals surface area contributed by atoms with Crippen LogP contribution < -0.4 is 0 Å². The summed E-state index contributed by atoms with van der Waals surface area (Å²) in [5, 5.41) is 0. The molecule has 0 aromatic rings. The SMILES string of the molecule is CCCCCCCCC=CCCCCCCCCOC(COC(=O)CCCCCCC)COC(=O)CCCCCCC. The first-order valence-corrected chi connectivity index (χ1v) is 18.2. The van der Waals surface area contributed by atoms with E-state index in [1.165, 1.54) is 116 Å². The van der Waals surface area contributed by atoms with E-state index < -0.39 is 0 Å². The molecule has 0 heterocycles. The molecule has 42 heavy (non-hydrogen) atoms. The van der Waals surface area contributed by atoms with Crippen LogP contribution in [0.2, 0.25) is 0 Å². The minimum atomic E-state index is -0.388. The number of hydrogen-bond acceptors (Lipinski definition) is 5. The van der Waals surface area contributed by atoms with Gasteiger partial charge in [-0.15, -0.1) is 0 Å². The molecule has 0 rings (SSSR count). The Labute approximate surface area is 261 Å². The fourth-order valence-corrected chi connectivity index (χ4v) is 5.01. The van der Waals surface area contributed by atoms with Crippen LogP contribution in [0.4, 0.5) is 0 Å². The van der Waals surface area contributed by atoms with Gasteiger partial charge in [0, 0.05) is 19.4 Å². The summed E-state index contributed by atoms with van der Waals surface area (Å²) in [4.78, 5) is 24.4. The van der Waals surface area contributed by atoms with Gasteiger partial charge in [-0.1, -0.05) is 142 Å². The summed E-state index contributed by atoms with van der Waals surface area (Å²) in [6.07, 6.45) is 34.1. The minimum Gasteiger partial charge on any atom is -0.463 e. The van der Waals surface area contributed by atoms with E-state index in [4.69, 9.17) is 14.2 Å². The highest BCUT2D eigenvalue weighted by atomic mass is 16.6. The summed E-state index contributed by atoms with van der Waals surface area (Å²) < 4.78 is 17.0. The standard InChI is InChI=1S/C37H70O5/c1-4-7-10-13-14-15-16-17-18-19-20-21-22-23-26-29-32-40-35(33-41-36(38)30-27-24-11-8-5-2)34-42-37(39)31-28-25-12-9-6-3/h17-18,35H,4-16,19-34H2,1-3H3. The monoisotopic (exact) mass is 595 g/mol. The Kier molecular flexibility index (Phi) is 33.0. The number of unbranched alkanes of at least 4 members (excludes halogenated alkanes) is 20. The lowest BCUT2D eigenvalue weighted by atomic mass is 10.1. The van der Waals surface area contributed by atoms with E-state index in [9.17, 15) is 9.59 Å².